The first-order valence-electron chi connectivity index (χ1n) is 6.97. The summed E-state index contributed by atoms with van der Waals surface area (Å²) >= 11 is 0. The minimum absolute atomic E-state index is 0.0488. The van der Waals surface area contributed by atoms with Crippen molar-refractivity contribution in [3.63, 3.8) is 0 Å². The fourth-order valence-corrected chi connectivity index (χ4v) is 2.69. The Morgan fingerprint density at radius 2 is 2.05 bits per heavy atom. The van der Waals surface area contributed by atoms with E-state index in [9.17, 15) is 14.4 Å². The van der Waals surface area contributed by atoms with Crippen LogP contribution in [0.1, 0.15) is 18.9 Å². The van der Waals surface area contributed by atoms with Crippen LogP contribution in [0.2, 0.25) is 0 Å². The normalized spacial score (nSPS) is 21.4. The number of carbonyl (C=O) groups is 2. The third-order valence-electron chi connectivity index (χ3n) is 3.95. The molecule has 1 aromatic heterocycles. The quantitative estimate of drug-likeness (QED) is 0.899. The van der Waals surface area contributed by atoms with Crippen LogP contribution in [-0.4, -0.2) is 29.2 Å². The Kier molecular flexibility index (Phi) is 2.56. The fourth-order valence-electron chi connectivity index (χ4n) is 2.69. The number of amides is 2. The van der Waals surface area contributed by atoms with Gasteiger partial charge in [0.25, 0.3) is 5.91 Å². The topological polar surface area (TPSA) is 108 Å². The molecular weight excluding hydrogens is 290 g/mol. The molecule has 1 saturated heterocycles. The van der Waals surface area contributed by atoms with Gasteiger partial charge in [0.2, 0.25) is 0 Å². The van der Waals surface area contributed by atoms with Gasteiger partial charge in [-0.3, -0.25) is 14.3 Å². The van der Waals surface area contributed by atoms with Gasteiger partial charge in [-0.05, 0) is 25.0 Å². The van der Waals surface area contributed by atoms with Crippen LogP contribution in [0.4, 0.5) is 10.5 Å². The molecule has 1 aliphatic carbocycles. The van der Waals surface area contributed by atoms with E-state index in [0.29, 0.717) is 16.8 Å². The van der Waals surface area contributed by atoms with Crippen LogP contribution in [0.25, 0.3) is 11.1 Å². The molecular formula is C14H13N3O5. The second-order valence-corrected chi connectivity index (χ2v) is 5.51. The molecule has 1 saturated carbocycles. The van der Waals surface area contributed by atoms with E-state index in [0.717, 1.165) is 12.8 Å². The average Bonchev–Trinajstić information content (AvgIpc) is 3.13. The zero-order chi connectivity index (χ0) is 15.4. The number of aromatic nitrogens is 1. The lowest BCUT2D eigenvalue weighted by molar-refractivity contribution is -0.124. The summed E-state index contributed by atoms with van der Waals surface area (Å²) in [7, 11) is 0. The molecule has 2 aromatic rings. The van der Waals surface area contributed by atoms with Crippen molar-refractivity contribution in [1.29, 1.82) is 0 Å². The number of primary amides is 1. The van der Waals surface area contributed by atoms with Crippen LogP contribution in [0.15, 0.2) is 27.4 Å². The van der Waals surface area contributed by atoms with E-state index in [-0.39, 0.29) is 12.6 Å². The second kappa shape index (κ2) is 4.36. The molecule has 0 bridgehead atoms. The highest BCUT2D eigenvalue weighted by atomic mass is 16.6. The number of nitrogens with zero attached hydrogens (tertiary/aromatic N) is 2. The first kappa shape index (κ1) is 12.9. The lowest BCUT2D eigenvalue weighted by Crippen LogP contribution is -2.32. The molecule has 8 heteroatoms. The van der Waals surface area contributed by atoms with Crippen LogP contribution in [-0.2, 0) is 9.53 Å². The number of ether oxygens (including phenoxy) is 1. The van der Waals surface area contributed by atoms with Gasteiger partial charge in [-0.15, -0.1) is 0 Å². The van der Waals surface area contributed by atoms with E-state index < -0.39 is 23.9 Å². The number of cyclic esters (lactones) is 1. The number of hydrogen-bond acceptors (Lipinski definition) is 5. The van der Waals surface area contributed by atoms with Gasteiger partial charge >= 0.3 is 11.8 Å². The van der Waals surface area contributed by atoms with Crippen LogP contribution in [0.5, 0.6) is 0 Å². The molecule has 1 atom stereocenters. The van der Waals surface area contributed by atoms with E-state index in [1.54, 1.807) is 22.8 Å². The highest BCUT2D eigenvalue weighted by molar-refractivity contribution is 5.96. The van der Waals surface area contributed by atoms with E-state index in [1.165, 1.54) is 4.90 Å². The number of hydrogen-bond donors (Lipinski definition) is 1. The number of fused-ring (bicyclic) bond motifs is 1. The number of oxazole rings is 1. The highest BCUT2D eigenvalue weighted by Crippen LogP contribution is 2.37. The molecule has 8 nitrogen and oxygen atoms in total. The smallest absolute Gasteiger partial charge is 0.420 e. The molecule has 1 aliphatic heterocycles. The highest BCUT2D eigenvalue weighted by Gasteiger charge is 2.36. The van der Waals surface area contributed by atoms with E-state index in [4.69, 9.17) is 14.9 Å². The van der Waals surface area contributed by atoms with Gasteiger partial charge in [-0.25, -0.2) is 9.59 Å². The molecule has 2 heterocycles. The summed E-state index contributed by atoms with van der Waals surface area (Å²) in [6.07, 6.45) is 0.322. The summed E-state index contributed by atoms with van der Waals surface area (Å²) in [5.41, 5.74) is 6.76. The molecule has 0 spiro atoms. The maximum atomic E-state index is 11.9. The van der Waals surface area contributed by atoms with Crippen LogP contribution in [0, 0.1) is 0 Å². The number of nitrogens with two attached hydrogens (primary N) is 1. The van der Waals surface area contributed by atoms with Gasteiger partial charge < -0.3 is 14.9 Å². The number of anilines is 1. The Labute approximate surface area is 124 Å². The van der Waals surface area contributed by atoms with Gasteiger partial charge in [0.1, 0.15) is 0 Å². The zero-order valence-corrected chi connectivity index (χ0v) is 11.5. The monoisotopic (exact) mass is 303 g/mol. The van der Waals surface area contributed by atoms with Crippen molar-refractivity contribution in [3.05, 3.63) is 28.7 Å². The van der Waals surface area contributed by atoms with Crippen molar-refractivity contribution in [2.75, 3.05) is 11.4 Å². The first-order valence-corrected chi connectivity index (χ1v) is 6.97. The van der Waals surface area contributed by atoms with Crippen LogP contribution < -0.4 is 16.4 Å². The van der Waals surface area contributed by atoms with E-state index in [2.05, 4.69) is 0 Å². The number of carbonyl (C=O) groups excluding carboxylic acids is 2. The minimum atomic E-state index is -0.966. The van der Waals surface area contributed by atoms with E-state index >= 15 is 0 Å². The third-order valence-corrected chi connectivity index (χ3v) is 3.95. The Morgan fingerprint density at radius 1 is 1.27 bits per heavy atom. The summed E-state index contributed by atoms with van der Waals surface area (Å²) in [4.78, 5) is 36.1. The average molecular weight is 303 g/mol. The number of benzene rings is 1. The third kappa shape index (κ3) is 1.87. The number of rotatable bonds is 3. The molecule has 2 fully saturated rings. The standard InChI is InChI=1S/C14H13N3O5/c15-12(18)11-6-16(13(19)22-11)8-3-4-9-10(5-8)21-14(20)17(9)7-1-2-7/h3-5,7,11H,1-2,6H2,(H2,15,18)/t11-/m1/s1. The van der Waals surface area contributed by atoms with Crippen molar-refractivity contribution in [2.24, 2.45) is 5.73 Å². The largest absolute Gasteiger partial charge is 0.434 e. The summed E-state index contributed by atoms with van der Waals surface area (Å²) in [5, 5.41) is 0. The van der Waals surface area contributed by atoms with Crippen LogP contribution >= 0.6 is 0 Å². The Hall–Kier alpha value is -2.77. The zero-order valence-electron chi connectivity index (χ0n) is 11.5. The van der Waals surface area contributed by atoms with E-state index in [1.807, 2.05) is 0 Å². The molecule has 114 valence electrons. The second-order valence-electron chi connectivity index (χ2n) is 5.51. The van der Waals surface area contributed by atoms with Gasteiger partial charge in [-0.2, -0.15) is 0 Å². The summed E-state index contributed by atoms with van der Waals surface area (Å²) < 4.78 is 11.8. The van der Waals surface area contributed by atoms with Crippen molar-refractivity contribution in [3.8, 4) is 0 Å². The molecule has 0 radical (unpaired) electrons. The van der Waals surface area contributed by atoms with Crippen molar-refractivity contribution in [1.82, 2.24) is 4.57 Å². The molecule has 2 N–H and O–H groups in total. The molecule has 2 amide bonds. The fraction of sp³-hybridized carbons (Fsp3) is 0.357. The lowest BCUT2D eigenvalue weighted by Gasteiger charge is -2.12. The maximum absolute atomic E-state index is 11.9. The van der Waals surface area contributed by atoms with Crippen molar-refractivity contribution in [2.45, 2.75) is 25.0 Å². The molecule has 2 aliphatic rings. The van der Waals surface area contributed by atoms with Gasteiger partial charge in [-0.1, -0.05) is 0 Å². The molecule has 1 aromatic carbocycles. The van der Waals surface area contributed by atoms with Crippen LogP contribution in [0.3, 0.4) is 0 Å². The SMILES string of the molecule is NC(=O)[C@H]1CN(c2ccc3c(c2)oc(=O)n3C2CC2)C(=O)O1. The molecule has 4 rings (SSSR count). The molecule has 22 heavy (non-hydrogen) atoms. The van der Waals surface area contributed by atoms with Gasteiger partial charge in [0.15, 0.2) is 11.7 Å². The Balaban J connectivity index is 1.73. The molecule has 0 unspecified atom stereocenters. The van der Waals surface area contributed by atoms with Gasteiger partial charge in [0.05, 0.1) is 17.7 Å². The lowest BCUT2D eigenvalue weighted by atomic mass is 10.2. The first-order chi connectivity index (χ1) is 10.5. The Morgan fingerprint density at radius 3 is 2.68 bits per heavy atom. The summed E-state index contributed by atoms with van der Waals surface area (Å²) in [5.74, 6) is -1.09. The maximum Gasteiger partial charge on any atom is 0.420 e. The summed E-state index contributed by atoms with van der Waals surface area (Å²) in [6.45, 7) is 0.0488. The Bertz CT molecular complexity index is 848. The predicted molar refractivity (Wildman–Crippen MR) is 75.6 cm³/mol. The summed E-state index contributed by atoms with van der Waals surface area (Å²) in [6, 6.07) is 5.23. The predicted octanol–water partition coefficient (Wildman–Crippen LogP) is 0.740. The van der Waals surface area contributed by atoms with Gasteiger partial charge in [0, 0.05) is 12.1 Å². The van der Waals surface area contributed by atoms with Crippen molar-refractivity contribution >= 4 is 28.8 Å². The van der Waals surface area contributed by atoms with Crippen molar-refractivity contribution < 1.29 is 18.7 Å². The minimum Gasteiger partial charge on any atom is -0.434 e.